The Kier molecular flexibility index (Phi) is 4.39. The van der Waals surface area contributed by atoms with E-state index >= 15 is 0 Å². The van der Waals surface area contributed by atoms with Crippen LogP contribution in [0.3, 0.4) is 0 Å². The third kappa shape index (κ3) is 3.12. The fourth-order valence-electron chi connectivity index (χ4n) is 2.08. The molecule has 2 N–H and O–H groups in total. The van der Waals surface area contributed by atoms with Crippen molar-refractivity contribution < 1.29 is 4.42 Å². The van der Waals surface area contributed by atoms with E-state index < -0.39 is 0 Å². The Labute approximate surface area is 109 Å². The Morgan fingerprint density at radius 3 is 2.89 bits per heavy atom. The Morgan fingerprint density at radius 2 is 2.11 bits per heavy atom. The van der Waals surface area contributed by atoms with Gasteiger partial charge in [-0.25, -0.2) is 0 Å². The topological polar surface area (TPSA) is 42.4 Å². The van der Waals surface area contributed by atoms with Crippen LogP contribution < -0.4 is 5.73 Å². The molecule has 1 atom stereocenters. The molecule has 0 fully saturated rings. The predicted molar refractivity (Wildman–Crippen MR) is 75.4 cm³/mol. The second kappa shape index (κ2) is 6.03. The molecule has 1 unspecified atom stereocenters. The van der Waals surface area contributed by atoms with E-state index in [1.54, 1.807) is 0 Å². The molecule has 2 rings (SSSR count). The van der Waals surface area contributed by atoms with Crippen LogP contribution in [0.4, 0.5) is 0 Å². The van der Waals surface area contributed by atoms with Crippen molar-refractivity contribution >= 4 is 11.0 Å². The average Bonchev–Trinajstić information content (AvgIpc) is 2.79. The van der Waals surface area contributed by atoms with E-state index in [-0.39, 0.29) is 0 Å². The molecule has 1 aromatic carbocycles. The lowest BCUT2D eigenvalue weighted by molar-refractivity contribution is 0.300. The smallest absolute Gasteiger partial charge is 0.134 e. The molecule has 0 amide bonds. The lowest BCUT2D eigenvalue weighted by Crippen LogP contribution is -2.23. The molecule has 3 heteroatoms. The van der Waals surface area contributed by atoms with Gasteiger partial charge in [-0.15, -0.1) is 0 Å². The van der Waals surface area contributed by atoms with Gasteiger partial charge in [0.05, 0.1) is 6.26 Å². The van der Waals surface area contributed by atoms with Gasteiger partial charge in [0.25, 0.3) is 0 Å². The van der Waals surface area contributed by atoms with Gasteiger partial charge in [-0.1, -0.05) is 25.1 Å². The fraction of sp³-hybridized carbons (Fsp3) is 0.467. The molecule has 18 heavy (non-hydrogen) atoms. The van der Waals surface area contributed by atoms with Gasteiger partial charge in [-0.2, -0.15) is 0 Å². The molecule has 0 bridgehead atoms. The second-order valence-electron chi connectivity index (χ2n) is 5.12. The largest absolute Gasteiger partial charge is 0.464 e. The molecule has 0 saturated carbocycles. The number of nitrogens with two attached hydrogens (primary N) is 1. The number of para-hydroxylation sites is 1. The van der Waals surface area contributed by atoms with E-state index in [4.69, 9.17) is 10.2 Å². The van der Waals surface area contributed by atoms with E-state index in [1.165, 1.54) is 10.9 Å². The molecule has 0 aliphatic rings. The van der Waals surface area contributed by atoms with Gasteiger partial charge in [0.15, 0.2) is 0 Å². The van der Waals surface area contributed by atoms with Crippen molar-refractivity contribution in [3.8, 4) is 0 Å². The van der Waals surface area contributed by atoms with E-state index in [9.17, 15) is 0 Å². The van der Waals surface area contributed by atoms with Gasteiger partial charge >= 0.3 is 0 Å². The molecule has 0 spiro atoms. The average molecular weight is 246 g/mol. The summed E-state index contributed by atoms with van der Waals surface area (Å²) in [5.41, 5.74) is 7.86. The van der Waals surface area contributed by atoms with Crippen molar-refractivity contribution in [2.24, 2.45) is 11.7 Å². The van der Waals surface area contributed by atoms with Gasteiger partial charge < -0.3 is 15.1 Å². The Hall–Kier alpha value is -1.32. The van der Waals surface area contributed by atoms with E-state index in [0.29, 0.717) is 5.92 Å². The number of furan rings is 1. The quantitative estimate of drug-likeness (QED) is 0.852. The standard InChI is InChI=1S/C15H22N2O/c1-12(9-16)7-8-17(2)10-13-11-18-15-6-4-3-5-14(13)15/h3-6,11-12H,7-10,16H2,1-2H3. The normalized spacial score (nSPS) is 13.3. The molecule has 3 nitrogen and oxygen atoms in total. The van der Waals surface area contributed by atoms with E-state index in [2.05, 4.69) is 31.0 Å². The van der Waals surface area contributed by atoms with Crippen molar-refractivity contribution in [3.63, 3.8) is 0 Å². The summed E-state index contributed by atoms with van der Waals surface area (Å²) >= 11 is 0. The summed E-state index contributed by atoms with van der Waals surface area (Å²) in [5.74, 6) is 0.591. The van der Waals surface area contributed by atoms with Crippen LogP contribution in [-0.2, 0) is 6.54 Å². The highest BCUT2D eigenvalue weighted by Gasteiger charge is 2.08. The van der Waals surface area contributed by atoms with Crippen molar-refractivity contribution in [2.75, 3.05) is 20.1 Å². The van der Waals surface area contributed by atoms with E-state index in [1.807, 2.05) is 18.4 Å². The number of benzene rings is 1. The van der Waals surface area contributed by atoms with Crippen LogP contribution >= 0.6 is 0 Å². The Bertz CT molecular complexity index is 492. The first-order valence-corrected chi connectivity index (χ1v) is 6.54. The first-order valence-electron chi connectivity index (χ1n) is 6.54. The van der Waals surface area contributed by atoms with Gasteiger partial charge in [0.2, 0.25) is 0 Å². The number of hydrogen-bond donors (Lipinski definition) is 1. The zero-order chi connectivity index (χ0) is 13.0. The van der Waals surface area contributed by atoms with Crippen LogP contribution in [0.5, 0.6) is 0 Å². The number of nitrogens with zero attached hydrogens (tertiary/aromatic N) is 1. The Balaban J connectivity index is 1.96. The minimum Gasteiger partial charge on any atom is -0.464 e. The number of fused-ring (bicyclic) bond motifs is 1. The summed E-state index contributed by atoms with van der Waals surface area (Å²) in [6.07, 6.45) is 3.01. The van der Waals surface area contributed by atoms with Crippen molar-refractivity contribution in [3.05, 3.63) is 36.1 Å². The molecular formula is C15H22N2O. The summed E-state index contributed by atoms with van der Waals surface area (Å²) in [5, 5.41) is 1.22. The van der Waals surface area contributed by atoms with Gasteiger partial charge in [-0.05, 0) is 38.5 Å². The zero-order valence-corrected chi connectivity index (χ0v) is 11.2. The lowest BCUT2D eigenvalue weighted by Gasteiger charge is -2.18. The van der Waals surface area contributed by atoms with Crippen LogP contribution in [0.25, 0.3) is 11.0 Å². The fourth-order valence-corrected chi connectivity index (χ4v) is 2.08. The van der Waals surface area contributed by atoms with Crippen LogP contribution in [0.1, 0.15) is 18.9 Å². The molecule has 2 aromatic rings. The molecule has 0 aliphatic carbocycles. The highest BCUT2D eigenvalue weighted by atomic mass is 16.3. The van der Waals surface area contributed by atoms with Crippen LogP contribution in [0, 0.1) is 5.92 Å². The molecule has 0 aliphatic heterocycles. The van der Waals surface area contributed by atoms with Crippen molar-refractivity contribution in [1.82, 2.24) is 4.90 Å². The maximum Gasteiger partial charge on any atom is 0.134 e. The third-order valence-electron chi connectivity index (χ3n) is 3.41. The highest BCUT2D eigenvalue weighted by Crippen LogP contribution is 2.21. The first kappa shape index (κ1) is 13.1. The molecule has 0 radical (unpaired) electrons. The maximum atomic E-state index is 5.64. The molecular weight excluding hydrogens is 224 g/mol. The minimum absolute atomic E-state index is 0.591. The molecule has 98 valence electrons. The second-order valence-corrected chi connectivity index (χ2v) is 5.12. The summed E-state index contributed by atoms with van der Waals surface area (Å²) in [6.45, 7) is 4.95. The van der Waals surface area contributed by atoms with Crippen molar-refractivity contribution in [2.45, 2.75) is 19.9 Å². The van der Waals surface area contributed by atoms with Gasteiger partial charge in [0.1, 0.15) is 5.58 Å². The maximum absolute atomic E-state index is 5.64. The molecule has 1 heterocycles. The number of hydrogen-bond acceptors (Lipinski definition) is 3. The lowest BCUT2D eigenvalue weighted by atomic mass is 10.1. The van der Waals surface area contributed by atoms with Crippen LogP contribution in [0.15, 0.2) is 34.9 Å². The zero-order valence-electron chi connectivity index (χ0n) is 11.2. The van der Waals surface area contributed by atoms with Crippen molar-refractivity contribution in [1.29, 1.82) is 0 Å². The molecule has 1 aromatic heterocycles. The van der Waals surface area contributed by atoms with Crippen LogP contribution in [-0.4, -0.2) is 25.0 Å². The number of rotatable bonds is 6. The summed E-state index contributed by atoms with van der Waals surface area (Å²) in [7, 11) is 2.14. The first-order chi connectivity index (χ1) is 8.70. The van der Waals surface area contributed by atoms with E-state index in [0.717, 1.165) is 31.6 Å². The van der Waals surface area contributed by atoms with Gasteiger partial charge in [-0.3, -0.25) is 0 Å². The summed E-state index contributed by atoms with van der Waals surface area (Å²) in [6, 6.07) is 8.18. The summed E-state index contributed by atoms with van der Waals surface area (Å²) < 4.78 is 5.55. The highest BCUT2D eigenvalue weighted by molar-refractivity contribution is 5.80. The third-order valence-corrected chi connectivity index (χ3v) is 3.41. The molecule has 0 saturated heterocycles. The van der Waals surface area contributed by atoms with Crippen LogP contribution in [0.2, 0.25) is 0 Å². The monoisotopic (exact) mass is 246 g/mol. The van der Waals surface area contributed by atoms with Gasteiger partial charge in [0, 0.05) is 17.5 Å². The Morgan fingerprint density at radius 1 is 1.33 bits per heavy atom. The summed E-state index contributed by atoms with van der Waals surface area (Å²) in [4.78, 5) is 2.32. The minimum atomic E-state index is 0.591. The predicted octanol–water partition coefficient (Wildman–Crippen LogP) is 2.85. The SMILES string of the molecule is CC(CN)CCN(C)Cc1coc2ccccc12.